The van der Waals surface area contributed by atoms with Gasteiger partial charge in [0.1, 0.15) is 12.4 Å². The largest absolute Gasteiger partial charge is 0.485 e. The summed E-state index contributed by atoms with van der Waals surface area (Å²) in [7, 11) is 0. The van der Waals surface area contributed by atoms with E-state index in [9.17, 15) is 4.79 Å². The van der Waals surface area contributed by atoms with Crippen LogP contribution in [0.4, 0.5) is 5.69 Å². The molecule has 0 bridgehead atoms. The first-order valence-electron chi connectivity index (χ1n) is 10.9. The standard InChI is InChI=1S/C27H22N4O2S/c32-26(28-21-12-3-1-4-13-21)19-34-27-30-29-25(31(27)22-14-5-2-6-15-22)18-33-24-17-9-11-20-10-7-8-16-23(20)24/h1-17H,18-19H2,(H,28,32). The summed E-state index contributed by atoms with van der Waals surface area (Å²) in [6, 6.07) is 33.3. The Morgan fingerprint density at radius 1 is 0.824 bits per heavy atom. The summed E-state index contributed by atoms with van der Waals surface area (Å²) in [6.45, 7) is 0.243. The lowest BCUT2D eigenvalue weighted by Gasteiger charge is -2.12. The van der Waals surface area contributed by atoms with Crippen molar-refractivity contribution in [1.29, 1.82) is 0 Å². The number of aromatic nitrogens is 3. The number of nitrogens with one attached hydrogen (secondary N) is 1. The molecule has 0 fully saturated rings. The Bertz CT molecular complexity index is 1400. The average Bonchev–Trinajstić information content (AvgIpc) is 3.30. The molecule has 0 saturated heterocycles. The van der Waals surface area contributed by atoms with Gasteiger partial charge in [0.2, 0.25) is 5.91 Å². The van der Waals surface area contributed by atoms with Crippen LogP contribution in [0.1, 0.15) is 5.82 Å². The van der Waals surface area contributed by atoms with E-state index >= 15 is 0 Å². The number of nitrogens with zero attached hydrogens (tertiary/aromatic N) is 3. The summed E-state index contributed by atoms with van der Waals surface area (Å²) in [6.07, 6.45) is 0. The number of hydrogen-bond donors (Lipinski definition) is 1. The molecule has 0 saturated carbocycles. The quantitative estimate of drug-likeness (QED) is 0.296. The number of hydrogen-bond acceptors (Lipinski definition) is 5. The summed E-state index contributed by atoms with van der Waals surface area (Å²) in [4.78, 5) is 12.5. The van der Waals surface area contributed by atoms with Crippen LogP contribution in [-0.4, -0.2) is 26.4 Å². The van der Waals surface area contributed by atoms with Gasteiger partial charge in [-0.2, -0.15) is 0 Å². The van der Waals surface area contributed by atoms with Crippen LogP contribution in [0.5, 0.6) is 5.75 Å². The Balaban J connectivity index is 1.36. The van der Waals surface area contributed by atoms with Gasteiger partial charge in [-0.15, -0.1) is 10.2 Å². The summed E-state index contributed by atoms with van der Waals surface area (Å²) >= 11 is 1.34. The molecule has 0 radical (unpaired) electrons. The molecular weight excluding hydrogens is 444 g/mol. The summed E-state index contributed by atoms with van der Waals surface area (Å²) in [5.41, 5.74) is 1.68. The van der Waals surface area contributed by atoms with Gasteiger partial charge >= 0.3 is 0 Å². The van der Waals surface area contributed by atoms with Crippen LogP contribution in [0.2, 0.25) is 0 Å². The lowest BCUT2D eigenvalue weighted by molar-refractivity contribution is -0.113. The molecular formula is C27H22N4O2S. The number of carbonyl (C=O) groups is 1. The number of amides is 1. The predicted molar refractivity (Wildman–Crippen MR) is 135 cm³/mol. The summed E-state index contributed by atoms with van der Waals surface area (Å²) in [5.74, 6) is 1.55. The number of carbonyl (C=O) groups excluding carboxylic acids is 1. The van der Waals surface area contributed by atoms with Crippen molar-refractivity contribution in [2.24, 2.45) is 0 Å². The Labute approximate surface area is 201 Å². The fourth-order valence-corrected chi connectivity index (χ4v) is 4.41. The van der Waals surface area contributed by atoms with Crippen molar-refractivity contribution < 1.29 is 9.53 Å². The number of para-hydroxylation sites is 2. The smallest absolute Gasteiger partial charge is 0.234 e. The molecule has 1 aromatic heterocycles. The highest BCUT2D eigenvalue weighted by Gasteiger charge is 2.17. The van der Waals surface area contributed by atoms with Gasteiger partial charge in [0.05, 0.1) is 5.75 Å². The van der Waals surface area contributed by atoms with Crippen molar-refractivity contribution >= 4 is 34.1 Å². The van der Waals surface area contributed by atoms with E-state index in [-0.39, 0.29) is 18.3 Å². The van der Waals surface area contributed by atoms with E-state index in [4.69, 9.17) is 4.74 Å². The molecule has 0 aliphatic rings. The highest BCUT2D eigenvalue weighted by molar-refractivity contribution is 7.99. The second-order valence-corrected chi connectivity index (χ2v) is 8.48. The van der Waals surface area contributed by atoms with Gasteiger partial charge in [0.25, 0.3) is 0 Å². The lowest BCUT2D eigenvalue weighted by atomic mass is 10.1. The van der Waals surface area contributed by atoms with E-state index in [1.165, 1.54) is 11.8 Å². The Morgan fingerprint density at radius 3 is 2.35 bits per heavy atom. The molecule has 5 aromatic rings. The molecule has 1 heterocycles. The topological polar surface area (TPSA) is 69.0 Å². The van der Waals surface area contributed by atoms with Crippen molar-refractivity contribution in [1.82, 2.24) is 14.8 Å². The van der Waals surface area contributed by atoms with Gasteiger partial charge in [-0.05, 0) is 35.7 Å². The number of fused-ring (bicyclic) bond motifs is 1. The molecule has 0 unspecified atom stereocenters. The third-order valence-electron chi connectivity index (χ3n) is 5.21. The lowest BCUT2D eigenvalue weighted by Crippen LogP contribution is -2.14. The maximum Gasteiger partial charge on any atom is 0.234 e. The maximum atomic E-state index is 12.5. The maximum absolute atomic E-state index is 12.5. The molecule has 0 atom stereocenters. The second kappa shape index (κ2) is 10.2. The Morgan fingerprint density at radius 2 is 1.53 bits per heavy atom. The highest BCUT2D eigenvalue weighted by Crippen LogP contribution is 2.27. The summed E-state index contributed by atoms with van der Waals surface area (Å²) in [5, 5.41) is 14.4. The molecule has 34 heavy (non-hydrogen) atoms. The number of thioether (sulfide) groups is 1. The molecule has 5 rings (SSSR count). The SMILES string of the molecule is O=C(CSc1nnc(COc2cccc3ccccc23)n1-c1ccccc1)Nc1ccccc1. The minimum Gasteiger partial charge on any atom is -0.485 e. The van der Waals surface area contributed by atoms with Crippen LogP contribution in [0.25, 0.3) is 16.5 Å². The summed E-state index contributed by atoms with van der Waals surface area (Å²) < 4.78 is 8.11. The highest BCUT2D eigenvalue weighted by atomic mass is 32.2. The van der Waals surface area contributed by atoms with E-state index in [0.717, 1.165) is 27.9 Å². The molecule has 0 aliphatic carbocycles. The van der Waals surface area contributed by atoms with Gasteiger partial charge in [0, 0.05) is 16.8 Å². The van der Waals surface area contributed by atoms with Crippen molar-refractivity contribution in [3.63, 3.8) is 0 Å². The van der Waals surface area contributed by atoms with Crippen molar-refractivity contribution in [2.75, 3.05) is 11.1 Å². The van der Waals surface area contributed by atoms with Crippen LogP contribution in [0.3, 0.4) is 0 Å². The van der Waals surface area contributed by atoms with E-state index < -0.39 is 0 Å². The van der Waals surface area contributed by atoms with Gasteiger partial charge in [-0.1, -0.05) is 84.6 Å². The van der Waals surface area contributed by atoms with Gasteiger partial charge in [0.15, 0.2) is 11.0 Å². The van der Waals surface area contributed by atoms with Gasteiger partial charge in [-0.3, -0.25) is 9.36 Å². The first-order valence-corrected chi connectivity index (χ1v) is 11.8. The molecule has 1 N–H and O–H groups in total. The Kier molecular flexibility index (Phi) is 6.54. The molecule has 6 nitrogen and oxygen atoms in total. The van der Waals surface area contributed by atoms with Crippen molar-refractivity contribution in [3.8, 4) is 11.4 Å². The first-order chi connectivity index (χ1) is 16.8. The van der Waals surface area contributed by atoms with Crippen LogP contribution in [0.15, 0.2) is 108 Å². The monoisotopic (exact) mass is 466 g/mol. The average molecular weight is 467 g/mol. The molecule has 0 aliphatic heterocycles. The minimum atomic E-state index is -0.104. The fourth-order valence-electron chi connectivity index (χ4n) is 3.64. The predicted octanol–water partition coefficient (Wildman–Crippen LogP) is 5.73. The van der Waals surface area contributed by atoms with Crippen molar-refractivity contribution in [2.45, 2.75) is 11.8 Å². The number of anilines is 1. The van der Waals surface area contributed by atoms with Gasteiger partial charge < -0.3 is 10.1 Å². The first kappa shape index (κ1) is 21.7. The van der Waals surface area contributed by atoms with Crippen LogP contribution >= 0.6 is 11.8 Å². The van der Waals surface area contributed by atoms with Crippen molar-refractivity contribution in [3.05, 3.63) is 109 Å². The molecule has 0 spiro atoms. The molecule has 168 valence electrons. The third-order valence-corrected chi connectivity index (χ3v) is 6.14. The minimum absolute atomic E-state index is 0.104. The van der Waals surface area contributed by atoms with Crippen LogP contribution in [-0.2, 0) is 11.4 Å². The second-order valence-electron chi connectivity index (χ2n) is 7.54. The fraction of sp³-hybridized carbons (Fsp3) is 0.0741. The normalized spacial score (nSPS) is 10.8. The number of rotatable bonds is 8. The van der Waals surface area contributed by atoms with Crippen LogP contribution in [0, 0.1) is 0 Å². The molecule has 1 amide bonds. The van der Waals surface area contributed by atoms with E-state index in [1.807, 2.05) is 95.6 Å². The van der Waals surface area contributed by atoms with E-state index in [0.29, 0.717) is 11.0 Å². The number of ether oxygens (including phenoxy) is 1. The van der Waals surface area contributed by atoms with E-state index in [2.05, 4.69) is 27.6 Å². The van der Waals surface area contributed by atoms with Crippen LogP contribution < -0.4 is 10.1 Å². The zero-order valence-corrected chi connectivity index (χ0v) is 19.1. The zero-order chi connectivity index (χ0) is 23.2. The third kappa shape index (κ3) is 4.94. The Hall–Kier alpha value is -4.10. The van der Waals surface area contributed by atoms with Gasteiger partial charge in [-0.25, -0.2) is 0 Å². The molecule has 4 aromatic carbocycles. The number of benzene rings is 4. The zero-order valence-electron chi connectivity index (χ0n) is 18.3. The molecule has 7 heteroatoms. The van der Waals surface area contributed by atoms with E-state index in [1.54, 1.807) is 0 Å².